The molecule has 4 heteroatoms. The minimum absolute atomic E-state index is 0.907. The van der Waals surface area contributed by atoms with Crippen molar-refractivity contribution in [3.8, 4) is 5.75 Å². The topological polar surface area (TPSA) is 38.5 Å². The highest BCUT2D eigenvalue weighted by Crippen LogP contribution is 2.21. The van der Waals surface area contributed by atoms with Crippen molar-refractivity contribution in [1.29, 1.82) is 0 Å². The molecule has 0 saturated heterocycles. The molecular weight excluding hydrogens is 303 g/mol. The molecule has 0 saturated carbocycles. The molecule has 0 aliphatic heterocycles. The Morgan fingerprint density at radius 2 is 1.87 bits per heavy atom. The lowest BCUT2D eigenvalue weighted by molar-refractivity contribution is 0.715. The first-order chi connectivity index (χ1) is 7.31. The molecule has 1 rings (SSSR count). The van der Waals surface area contributed by atoms with Crippen LogP contribution in [0, 0.1) is 0 Å². The fourth-order valence-corrected chi connectivity index (χ4v) is 1.59. The zero-order valence-corrected chi connectivity index (χ0v) is 11.7. The van der Waals surface area contributed by atoms with Crippen molar-refractivity contribution >= 4 is 28.7 Å². The molecule has 86 valence electrons. The number of hydrogen-bond acceptors (Lipinski definition) is 3. The molecule has 0 bridgehead atoms. The summed E-state index contributed by atoms with van der Waals surface area (Å²) in [7, 11) is 1.50. The maximum Gasteiger partial charge on any atom is 0.192 e. The molecule has 0 amide bonds. The van der Waals surface area contributed by atoms with Crippen molar-refractivity contribution in [3.05, 3.63) is 24.3 Å². The molecule has 0 fully saturated rings. The molecule has 1 aromatic rings. The van der Waals surface area contributed by atoms with E-state index >= 15 is 0 Å². The van der Waals surface area contributed by atoms with Gasteiger partial charge >= 0.3 is 0 Å². The normalized spacial score (nSPS) is 8.87. The number of rotatable bonds is 4. The van der Waals surface area contributed by atoms with Crippen LogP contribution < -0.4 is 13.7 Å². The van der Waals surface area contributed by atoms with Crippen molar-refractivity contribution < 1.29 is 3.07 Å². The number of nitrogens with zero attached hydrogens (tertiary/aromatic N) is 1. The van der Waals surface area contributed by atoms with Gasteiger partial charge in [0.05, 0.1) is 0 Å². The molecule has 0 heterocycles. The second-order valence-corrected chi connectivity index (χ2v) is 3.19. The lowest BCUT2D eigenvalue weighted by Crippen LogP contribution is -2.21. The van der Waals surface area contributed by atoms with Crippen molar-refractivity contribution in [3.63, 3.8) is 0 Å². The van der Waals surface area contributed by atoms with E-state index in [2.05, 4.69) is 36.6 Å². The lowest BCUT2D eigenvalue weighted by Gasteiger charge is -2.20. The minimum Gasteiger partial charge on any atom is -0.428 e. The van der Waals surface area contributed by atoms with Crippen LogP contribution in [0.1, 0.15) is 13.8 Å². The van der Waals surface area contributed by atoms with Gasteiger partial charge in [-0.15, -0.1) is 0 Å². The van der Waals surface area contributed by atoms with E-state index in [0.717, 1.165) is 18.8 Å². The van der Waals surface area contributed by atoms with Crippen LogP contribution in [0.2, 0.25) is 0 Å². The second kappa shape index (κ2) is 8.79. The first kappa shape index (κ1) is 14.5. The van der Waals surface area contributed by atoms with Crippen LogP contribution in [-0.2, 0) is 0 Å². The number of anilines is 1. The number of hydrogen-bond donors (Lipinski definition) is 1. The molecule has 0 aromatic heterocycles. The van der Waals surface area contributed by atoms with Gasteiger partial charge in [-0.05, 0) is 33.0 Å². The highest BCUT2D eigenvalue weighted by atomic mass is 127. The third-order valence-electron chi connectivity index (χ3n) is 2.04. The van der Waals surface area contributed by atoms with Gasteiger partial charge in [-0.25, -0.2) is 0 Å². The Morgan fingerprint density at radius 3 is 2.33 bits per heavy atom. The first-order valence-electron chi connectivity index (χ1n) is 5.03. The van der Waals surface area contributed by atoms with E-state index in [0.29, 0.717) is 0 Å². The van der Waals surface area contributed by atoms with Crippen molar-refractivity contribution in [2.24, 2.45) is 5.73 Å². The number of benzene rings is 1. The van der Waals surface area contributed by atoms with Gasteiger partial charge in [0, 0.05) is 24.8 Å². The summed E-state index contributed by atoms with van der Waals surface area (Å²) in [5.74, 6) is 0.907. The molecule has 3 nitrogen and oxygen atoms in total. The fourth-order valence-electron chi connectivity index (χ4n) is 1.32. The van der Waals surface area contributed by atoms with Gasteiger partial charge < -0.3 is 13.7 Å². The Morgan fingerprint density at radius 1 is 1.27 bits per heavy atom. The van der Waals surface area contributed by atoms with Crippen LogP contribution in [0.25, 0.3) is 0 Å². The highest BCUT2D eigenvalue weighted by Gasteiger charge is 2.01. The third kappa shape index (κ3) is 4.70. The van der Waals surface area contributed by atoms with Gasteiger partial charge in [-0.3, -0.25) is 0 Å². The van der Waals surface area contributed by atoms with E-state index in [4.69, 9.17) is 3.07 Å². The van der Waals surface area contributed by atoms with E-state index in [1.165, 1.54) is 12.7 Å². The Bertz CT molecular complexity index is 265. The number of nitrogens with two attached hydrogens (primary N) is 1. The molecule has 0 spiro atoms. The van der Waals surface area contributed by atoms with Crippen molar-refractivity contribution in [2.45, 2.75) is 13.8 Å². The fraction of sp³-hybridized carbons (Fsp3) is 0.455. The van der Waals surface area contributed by atoms with Gasteiger partial charge in [-0.2, -0.15) is 0 Å². The summed E-state index contributed by atoms with van der Waals surface area (Å²) in [5.41, 5.74) is 5.72. The summed E-state index contributed by atoms with van der Waals surface area (Å²) in [5, 5.41) is 0. The summed E-state index contributed by atoms with van der Waals surface area (Å²) >= 11 is 1.90. The Kier molecular flexibility index (Phi) is 8.50. The highest BCUT2D eigenvalue weighted by molar-refractivity contribution is 14.1. The van der Waals surface area contributed by atoms with Crippen LogP contribution in [0.3, 0.4) is 0 Å². The maximum absolute atomic E-state index is 5.14. The quantitative estimate of drug-likeness (QED) is 0.867. The summed E-state index contributed by atoms with van der Waals surface area (Å²) in [6.07, 6.45) is 0. The molecule has 0 atom stereocenters. The SMILES string of the molecule is CCN(CC)c1cccc(OI)c1.CN. The minimum atomic E-state index is 0.907. The Balaban J connectivity index is 0.000000921. The molecule has 0 aliphatic carbocycles. The van der Waals surface area contributed by atoms with Crippen LogP contribution in [0.15, 0.2) is 24.3 Å². The molecular formula is C11H19IN2O. The molecule has 0 radical (unpaired) electrons. The summed E-state index contributed by atoms with van der Waals surface area (Å²) < 4.78 is 5.14. The zero-order chi connectivity index (χ0) is 11.7. The first-order valence-corrected chi connectivity index (χ1v) is 5.91. The van der Waals surface area contributed by atoms with Crippen molar-refractivity contribution in [2.75, 3.05) is 25.0 Å². The van der Waals surface area contributed by atoms with Gasteiger partial charge in [0.25, 0.3) is 0 Å². The molecule has 15 heavy (non-hydrogen) atoms. The average Bonchev–Trinajstić information content (AvgIpc) is 2.33. The molecule has 1 aromatic carbocycles. The molecule has 2 N–H and O–H groups in total. The van der Waals surface area contributed by atoms with E-state index in [-0.39, 0.29) is 0 Å². The van der Waals surface area contributed by atoms with Crippen LogP contribution >= 0.6 is 23.0 Å². The largest absolute Gasteiger partial charge is 0.428 e. The Hall–Kier alpha value is -0.490. The lowest BCUT2D eigenvalue weighted by atomic mass is 10.2. The summed E-state index contributed by atoms with van der Waals surface area (Å²) in [6, 6.07) is 8.13. The zero-order valence-electron chi connectivity index (χ0n) is 9.53. The number of halogens is 1. The van der Waals surface area contributed by atoms with Crippen LogP contribution in [0.5, 0.6) is 5.75 Å². The predicted octanol–water partition coefficient (Wildman–Crippen LogP) is 2.84. The van der Waals surface area contributed by atoms with Gasteiger partial charge in [-0.1, -0.05) is 6.07 Å². The van der Waals surface area contributed by atoms with Crippen LogP contribution in [-0.4, -0.2) is 20.1 Å². The Labute approximate surface area is 106 Å². The second-order valence-electron chi connectivity index (χ2n) is 2.75. The smallest absolute Gasteiger partial charge is 0.192 e. The molecule has 0 aliphatic rings. The van der Waals surface area contributed by atoms with E-state index < -0.39 is 0 Å². The third-order valence-corrected chi connectivity index (χ3v) is 2.54. The van der Waals surface area contributed by atoms with Crippen LogP contribution in [0.4, 0.5) is 5.69 Å². The van der Waals surface area contributed by atoms with E-state index in [1.807, 2.05) is 35.1 Å². The van der Waals surface area contributed by atoms with E-state index in [9.17, 15) is 0 Å². The van der Waals surface area contributed by atoms with Gasteiger partial charge in [0.15, 0.2) is 23.0 Å². The van der Waals surface area contributed by atoms with Gasteiger partial charge in [0.1, 0.15) is 5.75 Å². The monoisotopic (exact) mass is 322 g/mol. The summed E-state index contributed by atoms with van der Waals surface area (Å²) in [4.78, 5) is 2.29. The standard InChI is InChI=1S/C10H14INO.CH5N/c1-3-12(4-2)9-6-5-7-10(8-9)13-11;1-2/h5-8H,3-4H2,1-2H3;2H2,1H3. The maximum atomic E-state index is 5.14. The van der Waals surface area contributed by atoms with Gasteiger partial charge in [0.2, 0.25) is 0 Å². The molecule has 0 unspecified atom stereocenters. The predicted molar refractivity (Wildman–Crippen MR) is 74.8 cm³/mol. The van der Waals surface area contributed by atoms with E-state index in [1.54, 1.807) is 0 Å². The van der Waals surface area contributed by atoms with Crippen molar-refractivity contribution in [1.82, 2.24) is 0 Å². The average molecular weight is 322 g/mol. The summed E-state index contributed by atoms with van der Waals surface area (Å²) in [6.45, 7) is 6.37.